The van der Waals surface area contributed by atoms with Gasteiger partial charge >= 0.3 is 16.5 Å². The van der Waals surface area contributed by atoms with E-state index in [1.54, 1.807) is 15.8 Å². The van der Waals surface area contributed by atoms with Gasteiger partial charge in [-0.2, -0.15) is 12.8 Å². The van der Waals surface area contributed by atoms with E-state index in [-0.39, 0.29) is 16.5 Å². The molecule has 0 bridgehead atoms. The molecule has 0 aromatic heterocycles. The van der Waals surface area contributed by atoms with Gasteiger partial charge in [0.05, 0.1) is 5.57 Å². The summed E-state index contributed by atoms with van der Waals surface area (Å²) in [6.07, 6.45) is 117. The Kier molecular flexibility index (Phi) is 84.9. The SMILES string of the molecule is CCCCCCCCCC=CC1=C(c2cc(CCCC)c(CCCC)c(CCCC)c2)[N+](=[N-])C(c2cc(CCCC)c(CCCC)c(CCCC)c2)=C1.[CH2-]CCCCCCCCCCCCCCCCCCCCCCCCCCCC.[CH2-]CCCCCCCCCCCCCCCCCCCCCCCCCCCC.[Ni+2]. The van der Waals surface area contributed by atoms with Crippen molar-refractivity contribution in [3.63, 3.8) is 0 Å². The molecule has 0 spiro atoms. The van der Waals surface area contributed by atoms with Crippen molar-refractivity contribution in [1.29, 1.82) is 0 Å². The molecule has 0 amide bonds. The van der Waals surface area contributed by atoms with Crippen LogP contribution in [0.3, 0.4) is 0 Å². The molecule has 0 saturated heterocycles. The Balaban J connectivity index is 0.00000178. The largest absolute Gasteiger partial charge is 2.00 e. The standard InChI is InChI=1S/C51H80N2.2C29H59.Ni/c1-8-15-22-23-24-25-26-27-28-33-45-40-50(46-36-41(29-16-9-2)48(34-20-13-6)42(37-46)30-17-10-3)53(52)51(45)47-38-43(31-18-11-4)49(35-21-14-7)44(39-47)32-19-12-5;2*1-3-5-7-9-11-13-15-17-19-21-23-25-27-29-28-26-24-22-20-18-16-14-12-10-8-6-4-2;/h28,33,36-40H,8-27,29-32,34-35H2,1-7H3;2*1,3-29H2,2H3;/q;2*-1;+2. The second-order valence-corrected chi connectivity index (χ2v) is 35.5. The van der Waals surface area contributed by atoms with Crippen molar-refractivity contribution >= 4 is 11.4 Å². The Labute approximate surface area is 715 Å². The molecule has 1 heterocycles. The number of allylic oxidation sites excluding steroid dienone is 4. The number of benzene rings is 2. The van der Waals surface area contributed by atoms with E-state index in [1.165, 1.54) is 489 Å². The first-order valence-corrected chi connectivity index (χ1v) is 51.3. The number of aryl methyl sites for hydroxylation is 4. The third kappa shape index (κ3) is 62.0. The number of hydrogen-bond acceptors (Lipinski definition) is 0. The molecule has 0 saturated carbocycles. The molecule has 2 nitrogen and oxygen atoms in total. The molecule has 0 fully saturated rings. The summed E-state index contributed by atoms with van der Waals surface area (Å²) >= 11 is 0. The zero-order valence-electron chi connectivity index (χ0n) is 77.7. The Hall–Kier alpha value is -2.25. The quantitative estimate of drug-likeness (QED) is 0.0273. The first-order valence-electron chi connectivity index (χ1n) is 51.3. The molecule has 1 aliphatic heterocycles. The molecule has 0 unspecified atom stereocenters. The van der Waals surface area contributed by atoms with Crippen molar-refractivity contribution in [3.05, 3.63) is 112 Å². The Morgan fingerprint density at radius 2 is 0.446 bits per heavy atom. The van der Waals surface area contributed by atoms with Gasteiger partial charge in [0.2, 0.25) is 11.4 Å². The Morgan fingerprint density at radius 3 is 0.670 bits per heavy atom. The summed E-state index contributed by atoms with van der Waals surface area (Å²) in [5, 5.41) is 0. The zero-order valence-corrected chi connectivity index (χ0v) is 78.7. The molecule has 1 aliphatic rings. The third-order valence-corrected chi connectivity index (χ3v) is 24.7. The van der Waals surface area contributed by atoms with Gasteiger partial charge in [-0.05, 0) is 148 Å². The summed E-state index contributed by atoms with van der Waals surface area (Å²) in [4.78, 5) is 0. The molecular weight excluding hydrogens is 1400 g/mol. The van der Waals surface area contributed by atoms with Gasteiger partial charge < -0.3 is 19.4 Å². The molecule has 0 N–H and O–H groups in total. The van der Waals surface area contributed by atoms with Crippen molar-refractivity contribution in [2.75, 3.05) is 0 Å². The van der Waals surface area contributed by atoms with Gasteiger partial charge in [0, 0.05) is 17.2 Å². The van der Waals surface area contributed by atoms with E-state index in [0.29, 0.717) is 0 Å². The van der Waals surface area contributed by atoms with Gasteiger partial charge in [-0.1, -0.05) is 485 Å². The monoisotopic (exact) mass is 1590 g/mol. The number of rotatable bonds is 81. The van der Waals surface area contributed by atoms with E-state index in [4.69, 9.17) is 0 Å². The van der Waals surface area contributed by atoms with E-state index in [9.17, 15) is 5.53 Å². The molecule has 0 radical (unpaired) electrons. The van der Waals surface area contributed by atoms with Crippen LogP contribution in [0.1, 0.15) is 582 Å². The summed E-state index contributed by atoms with van der Waals surface area (Å²) in [5.41, 5.74) is 27.1. The van der Waals surface area contributed by atoms with E-state index >= 15 is 0 Å². The number of nitrogens with zero attached hydrogens (tertiary/aromatic N) is 2. The van der Waals surface area contributed by atoms with Crippen LogP contribution in [0.4, 0.5) is 0 Å². The first-order chi connectivity index (χ1) is 54.8. The molecule has 112 heavy (non-hydrogen) atoms. The second-order valence-electron chi connectivity index (χ2n) is 35.5. The van der Waals surface area contributed by atoms with Crippen LogP contribution in [0.2, 0.25) is 0 Å². The molecular formula is C109H198N2Ni. The zero-order chi connectivity index (χ0) is 80.4. The van der Waals surface area contributed by atoms with Gasteiger partial charge in [-0.3, -0.25) is 0 Å². The van der Waals surface area contributed by atoms with E-state index < -0.39 is 0 Å². The summed E-state index contributed by atoms with van der Waals surface area (Å²) < 4.78 is 1.58. The Bertz CT molecular complexity index is 2240. The predicted octanol–water partition coefficient (Wildman–Crippen LogP) is 39.0. The molecule has 0 aliphatic carbocycles. The molecule has 654 valence electrons. The predicted molar refractivity (Wildman–Crippen MR) is 506 cm³/mol. The maximum absolute atomic E-state index is 12.4. The molecule has 2 aromatic carbocycles. The van der Waals surface area contributed by atoms with Crippen molar-refractivity contribution in [3.8, 4) is 0 Å². The van der Waals surface area contributed by atoms with Crippen molar-refractivity contribution in [2.24, 2.45) is 0 Å². The molecule has 2 aromatic rings. The number of unbranched alkanes of at least 4 members (excludes halogenated alkanes) is 65. The summed E-state index contributed by atoms with van der Waals surface area (Å²) in [6.45, 7) is 28.6. The van der Waals surface area contributed by atoms with Crippen LogP contribution >= 0.6 is 0 Å². The molecule has 3 heteroatoms. The fourth-order valence-corrected chi connectivity index (χ4v) is 17.1. The average Bonchev–Trinajstić information content (AvgIpc) is 1.71. The van der Waals surface area contributed by atoms with E-state index in [1.807, 2.05) is 0 Å². The Morgan fingerprint density at radius 1 is 0.250 bits per heavy atom. The van der Waals surface area contributed by atoms with Crippen LogP contribution in [0.25, 0.3) is 16.9 Å². The normalized spacial score (nSPS) is 12.2. The third-order valence-electron chi connectivity index (χ3n) is 24.7. The fourth-order valence-electron chi connectivity index (χ4n) is 17.1. The van der Waals surface area contributed by atoms with Crippen LogP contribution in [0, 0.1) is 13.8 Å². The van der Waals surface area contributed by atoms with E-state index in [0.717, 1.165) is 74.8 Å². The first kappa shape index (κ1) is 110. The van der Waals surface area contributed by atoms with E-state index in [2.05, 4.69) is 119 Å². The second kappa shape index (κ2) is 86.6. The van der Waals surface area contributed by atoms with Crippen LogP contribution < -0.4 is 0 Å². The minimum atomic E-state index is 0. The topological polar surface area (TPSA) is 25.3 Å². The van der Waals surface area contributed by atoms with Crippen LogP contribution in [-0.2, 0) is 55.0 Å². The number of hydrogen-bond donors (Lipinski definition) is 0. The van der Waals surface area contributed by atoms with Crippen molar-refractivity contribution in [1.82, 2.24) is 0 Å². The fraction of sp³-hybridized carbons (Fsp3) is 0.817. The molecule has 0 atom stereocenters. The minimum absolute atomic E-state index is 0. The van der Waals surface area contributed by atoms with Crippen LogP contribution in [0.5, 0.6) is 0 Å². The summed E-state index contributed by atoms with van der Waals surface area (Å²) in [6, 6.07) is 9.81. The minimum Gasteiger partial charge on any atom is -0.493 e. The van der Waals surface area contributed by atoms with Crippen molar-refractivity contribution < 1.29 is 21.2 Å². The van der Waals surface area contributed by atoms with Gasteiger partial charge in [0.25, 0.3) is 0 Å². The van der Waals surface area contributed by atoms with Gasteiger partial charge in [0.1, 0.15) is 0 Å². The van der Waals surface area contributed by atoms with Crippen LogP contribution in [-0.4, -0.2) is 4.70 Å². The smallest absolute Gasteiger partial charge is 0.493 e. The maximum Gasteiger partial charge on any atom is 2.00 e. The van der Waals surface area contributed by atoms with Crippen LogP contribution in [0.15, 0.2) is 48.1 Å². The van der Waals surface area contributed by atoms with Gasteiger partial charge in [0.15, 0.2) is 0 Å². The molecule has 3 rings (SSSR count). The maximum atomic E-state index is 12.4. The summed E-state index contributed by atoms with van der Waals surface area (Å²) in [5.74, 6) is 0. The van der Waals surface area contributed by atoms with Crippen molar-refractivity contribution in [2.45, 2.75) is 576 Å². The summed E-state index contributed by atoms with van der Waals surface area (Å²) in [7, 11) is 0. The average molecular weight is 1600 g/mol. The van der Waals surface area contributed by atoms with Gasteiger partial charge in [-0.25, -0.2) is 4.70 Å². The van der Waals surface area contributed by atoms with Gasteiger partial charge in [-0.15, -0.1) is 0 Å².